The Morgan fingerprint density at radius 1 is 1.00 bits per heavy atom. The van der Waals surface area contributed by atoms with Crippen molar-refractivity contribution in [2.75, 3.05) is 0 Å². The van der Waals surface area contributed by atoms with Crippen molar-refractivity contribution in [3.05, 3.63) is 82.2 Å². The van der Waals surface area contributed by atoms with E-state index in [0.29, 0.717) is 17.7 Å². The third-order valence-electron chi connectivity index (χ3n) is 6.28. The van der Waals surface area contributed by atoms with Crippen molar-refractivity contribution in [2.24, 2.45) is 4.02 Å². The molecule has 0 fully saturated rings. The SMILES string of the molecule is CCCc1cn(CC(=O)c2cc(C(C)(C)C)c(O)c(C(C)(C)C)c2)/c(=N\Br)n1Cc1ccccc1. The van der Waals surface area contributed by atoms with Gasteiger partial charge in [-0.25, -0.2) is 0 Å². The molecular formula is C29H38BrN3O2. The molecule has 0 bridgehead atoms. The number of aromatic nitrogens is 2. The molecule has 3 aromatic rings. The topological polar surface area (TPSA) is 59.5 Å². The maximum Gasteiger partial charge on any atom is 0.217 e. The number of nitrogens with zero attached hydrogens (tertiary/aromatic N) is 3. The van der Waals surface area contributed by atoms with Crippen LogP contribution in [0.5, 0.6) is 5.75 Å². The molecule has 0 atom stereocenters. The molecular weight excluding hydrogens is 502 g/mol. The van der Waals surface area contributed by atoms with Gasteiger partial charge in [-0.1, -0.05) is 85.2 Å². The Bertz CT molecular complexity index is 1220. The first-order chi connectivity index (χ1) is 16.4. The van der Waals surface area contributed by atoms with Crippen LogP contribution in [0.15, 0.2) is 52.7 Å². The number of ketones is 1. The fraction of sp³-hybridized carbons (Fsp3) is 0.448. The molecule has 0 saturated carbocycles. The van der Waals surface area contributed by atoms with Crippen LogP contribution >= 0.6 is 16.1 Å². The lowest BCUT2D eigenvalue weighted by molar-refractivity contribution is 0.0970. The normalized spacial score (nSPS) is 12.9. The minimum Gasteiger partial charge on any atom is -0.507 e. The maximum atomic E-state index is 13.6. The van der Waals surface area contributed by atoms with E-state index in [4.69, 9.17) is 0 Å². The van der Waals surface area contributed by atoms with Crippen molar-refractivity contribution in [1.82, 2.24) is 9.13 Å². The summed E-state index contributed by atoms with van der Waals surface area (Å²) in [5.74, 6) is 0.271. The van der Waals surface area contributed by atoms with E-state index in [0.717, 1.165) is 29.7 Å². The van der Waals surface area contributed by atoms with Crippen LogP contribution in [0.2, 0.25) is 0 Å². The second kappa shape index (κ2) is 10.6. The summed E-state index contributed by atoms with van der Waals surface area (Å²) in [5.41, 5.74) is 4.62. The molecule has 3 rings (SSSR count). The minimum absolute atomic E-state index is 0.0108. The van der Waals surface area contributed by atoms with Crippen molar-refractivity contribution in [2.45, 2.75) is 85.2 Å². The third kappa shape index (κ3) is 6.16. The molecule has 0 spiro atoms. The molecule has 0 radical (unpaired) electrons. The van der Waals surface area contributed by atoms with Gasteiger partial charge in [-0.2, -0.15) is 4.02 Å². The Hall–Kier alpha value is -2.60. The monoisotopic (exact) mass is 539 g/mol. The van der Waals surface area contributed by atoms with Gasteiger partial charge in [0.05, 0.1) is 29.2 Å². The quantitative estimate of drug-likeness (QED) is 0.340. The Balaban J connectivity index is 2.06. The van der Waals surface area contributed by atoms with Crippen molar-refractivity contribution in [3.8, 4) is 5.75 Å². The van der Waals surface area contributed by atoms with E-state index in [-0.39, 0.29) is 28.9 Å². The number of aryl methyl sites for hydroxylation is 1. The number of benzene rings is 2. The van der Waals surface area contributed by atoms with Crippen LogP contribution in [0.4, 0.5) is 0 Å². The van der Waals surface area contributed by atoms with Gasteiger partial charge in [0.1, 0.15) is 5.75 Å². The highest BCUT2D eigenvalue weighted by Crippen LogP contribution is 2.39. The summed E-state index contributed by atoms with van der Waals surface area (Å²) in [6, 6.07) is 14.0. The van der Waals surface area contributed by atoms with Crippen LogP contribution in [0.1, 0.15) is 87.6 Å². The number of carbonyl (C=O) groups excluding carboxylic acids is 1. The van der Waals surface area contributed by atoms with E-state index in [1.807, 2.05) is 41.1 Å². The highest BCUT2D eigenvalue weighted by molar-refractivity contribution is 9.08. The van der Waals surface area contributed by atoms with Crippen LogP contribution < -0.4 is 5.62 Å². The molecule has 0 aliphatic rings. The van der Waals surface area contributed by atoms with Gasteiger partial charge in [-0.05, 0) is 34.9 Å². The first kappa shape index (κ1) is 27.0. The smallest absolute Gasteiger partial charge is 0.217 e. The van der Waals surface area contributed by atoms with Crippen LogP contribution in [0.25, 0.3) is 0 Å². The summed E-state index contributed by atoms with van der Waals surface area (Å²) in [4.78, 5) is 13.6. The van der Waals surface area contributed by atoms with Gasteiger partial charge in [0.2, 0.25) is 5.62 Å². The molecule has 6 heteroatoms. The Morgan fingerprint density at radius 2 is 1.57 bits per heavy atom. The Kier molecular flexibility index (Phi) is 8.15. The lowest BCUT2D eigenvalue weighted by Gasteiger charge is -2.28. The molecule has 35 heavy (non-hydrogen) atoms. The van der Waals surface area contributed by atoms with Gasteiger partial charge in [-0.15, -0.1) is 0 Å². The molecule has 0 aliphatic heterocycles. The fourth-order valence-electron chi connectivity index (χ4n) is 4.38. The van der Waals surface area contributed by atoms with E-state index >= 15 is 0 Å². The zero-order chi connectivity index (χ0) is 26.0. The second-order valence-corrected chi connectivity index (χ2v) is 11.7. The van der Waals surface area contributed by atoms with Gasteiger partial charge in [0.25, 0.3) is 0 Å². The number of rotatable bonds is 7. The number of imidazole rings is 1. The van der Waals surface area contributed by atoms with E-state index in [1.54, 1.807) is 0 Å². The van der Waals surface area contributed by atoms with Gasteiger partial charge < -0.3 is 14.2 Å². The molecule has 0 aliphatic carbocycles. The second-order valence-electron chi connectivity index (χ2n) is 11.3. The van der Waals surface area contributed by atoms with Crippen molar-refractivity contribution < 1.29 is 9.90 Å². The Labute approximate surface area is 217 Å². The van der Waals surface area contributed by atoms with E-state index in [1.165, 1.54) is 5.56 Å². The highest BCUT2D eigenvalue weighted by Gasteiger charge is 2.28. The summed E-state index contributed by atoms with van der Waals surface area (Å²) >= 11 is 3.31. The number of hydrogen-bond acceptors (Lipinski definition) is 3. The number of phenols is 1. The van der Waals surface area contributed by atoms with Crippen LogP contribution in [-0.4, -0.2) is 20.0 Å². The number of aromatic hydroxyl groups is 1. The van der Waals surface area contributed by atoms with Gasteiger partial charge >= 0.3 is 0 Å². The fourth-order valence-corrected chi connectivity index (χ4v) is 4.78. The minimum atomic E-state index is -0.294. The zero-order valence-corrected chi connectivity index (χ0v) is 23.6. The molecule has 0 amide bonds. The first-order valence-corrected chi connectivity index (χ1v) is 13.0. The summed E-state index contributed by atoms with van der Waals surface area (Å²) in [7, 11) is 0. The van der Waals surface area contributed by atoms with Crippen molar-refractivity contribution >= 4 is 21.9 Å². The standard InChI is InChI=1S/C29H38BrN3O2/c1-8-12-22-18-32(27(31-30)33(22)17-20-13-10-9-11-14-20)19-25(34)21-15-23(28(2,3)4)26(35)24(16-21)29(5,6)7/h9-11,13-16,18,35H,8,12,17,19H2,1-7H3/b31-27+. The molecule has 5 nitrogen and oxygen atoms in total. The number of carbonyl (C=O) groups is 1. The average Bonchev–Trinajstić information content (AvgIpc) is 3.08. The predicted octanol–water partition coefficient (Wildman–Crippen LogP) is 6.68. The summed E-state index contributed by atoms with van der Waals surface area (Å²) in [6.07, 6.45) is 3.93. The first-order valence-electron chi connectivity index (χ1n) is 12.3. The third-order valence-corrected chi connectivity index (χ3v) is 6.59. The number of Topliss-reactive ketones (excluding diaryl/α,β-unsaturated/α-hetero) is 1. The van der Waals surface area contributed by atoms with Gasteiger partial charge in [0, 0.05) is 28.6 Å². The molecule has 2 aromatic carbocycles. The van der Waals surface area contributed by atoms with Gasteiger partial charge in [-0.3, -0.25) is 4.79 Å². The van der Waals surface area contributed by atoms with E-state index < -0.39 is 0 Å². The van der Waals surface area contributed by atoms with Crippen molar-refractivity contribution in [1.29, 1.82) is 0 Å². The Morgan fingerprint density at radius 3 is 2.06 bits per heavy atom. The van der Waals surface area contributed by atoms with Crippen molar-refractivity contribution in [3.63, 3.8) is 0 Å². The largest absolute Gasteiger partial charge is 0.507 e. The average molecular weight is 541 g/mol. The summed E-state index contributed by atoms with van der Waals surface area (Å²) in [6.45, 7) is 15.3. The number of halogens is 1. The van der Waals surface area contributed by atoms with Crippen LogP contribution in [-0.2, 0) is 30.3 Å². The maximum absolute atomic E-state index is 13.6. The van der Waals surface area contributed by atoms with Crippen LogP contribution in [0, 0.1) is 0 Å². The highest BCUT2D eigenvalue weighted by atomic mass is 79.9. The zero-order valence-electron chi connectivity index (χ0n) is 22.0. The van der Waals surface area contributed by atoms with Crippen LogP contribution in [0.3, 0.4) is 0 Å². The lowest BCUT2D eigenvalue weighted by Crippen LogP contribution is -2.29. The van der Waals surface area contributed by atoms with Gasteiger partial charge in [0.15, 0.2) is 5.78 Å². The predicted molar refractivity (Wildman–Crippen MR) is 146 cm³/mol. The summed E-state index contributed by atoms with van der Waals surface area (Å²) in [5, 5.41) is 11.0. The van der Waals surface area contributed by atoms with E-state index in [2.05, 4.69) is 85.3 Å². The lowest BCUT2D eigenvalue weighted by atomic mass is 9.78. The number of hydrogen-bond donors (Lipinski definition) is 1. The summed E-state index contributed by atoms with van der Waals surface area (Å²) < 4.78 is 8.48. The molecule has 0 saturated heterocycles. The molecule has 0 unspecified atom stereocenters. The molecule has 1 heterocycles. The molecule has 188 valence electrons. The molecule has 1 N–H and O–H groups in total. The van der Waals surface area contributed by atoms with E-state index in [9.17, 15) is 9.90 Å². The number of phenolic OH excluding ortho intramolecular Hbond substituents is 1. The molecule has 1 aromatic heterocycles.